The standard InChI is InChI=1S/C21H18F2N2O4S2/c1-12-11-30-21(24-12)25-20(26)19(29-18-9-4-14(22)10-17(18)23)13-2-5-15(6-3-13)31(27,28)16-7-8-16/h2-6,9-11,16,19H,7-8H2,1H3,(H,24,25,26). The Labute approximate surface area is 181 Å². The van der Waals surface area contributed by atoms with E-state index in [1.807, 2.05) is 0 Å². The lowest BCUT2D eigenvalue weighted by Gasteiger charge is -2.19. The second-order valence-electron chi connectivity index (χ2n) is 7.17. The number of rotatable bonds is 7. The van der Waals surface area contributed by atoms with E-state index in [2.05, 4.69) is 10.3 Å². The number of benzene rings is 2. The van der Waals surface area contributed by atoms with Crippen LogP contribution in [-0.2, 0) is 14.6 Å². The van der Waals surface area contributed by atoms with Gasteiger partial charge in [-0.2, -0.15) is 0 Å². The Morgan fingerprint density at radius 1 is 1.19 bits per heavy atom. The quantitative estimate of drug-likeness (QED) is 0.559. The maximum atomic E-state index is 14.2. The van der Waals surface area contributed by atoms with Crippen LogP contribution in [0.2, 0.25) is 0 Å². The third-order valence-electron chi connectivity index (χ3n) is 4.70. The van der Waals surface area contributed by atoms with Crippen LogP contribution in [-0.4, -0.2) is 24.6 Å². The Hall–Kier alpha value is -2.85. The van der Waals surface area contributed by atoms with Crippen molar-refractivity contribution >= 4 is 32.2 Å². The number of hydrogen-bond donors (Lipinski definition) is 1. The molecule has 1 unspecified atom stereocenters. The summed E-state index contributed by atoms with van der Waals surface area (Å²) in [6, 6.07) is 8.47. The lowest BCUT2D eigenvalue weighted by molar-refractivity contribution is -0.123. The van der Waals surface area contributed by atoms with Gasteiger partial charge in [0.1, 0.15) is 5.82 Å². The molecule has 1 aromatic heterocycles. The Bertz CT molecular complexity index is 1220. The molecule has 1 saturated carbocycles. The predicted octanol–water partition coefficient (Wildman–Crippen LogP) is 4.42. The normalized spacial score (nSPS) is 14.8. The third-order valence-corrected chi connectivity index (χ3v) is 7.85. The highest BCUT2D eigenvalue weighted by atomic mass is 32.2. The largest absolute Gasteiger partial charge is 0.473 e. The molecule has 162 valence electrons. The van der Waals surface area contributed by atoms with Gasteiger partial charge >= 0.3 is 0 Å². The summed E-state index contributed by atoms with van der Waals surface area (Å²) >= 11 is 1.22. The van der Waals surface area contributed by atoms with E-state index >= 15 is 0 Å². The van der Waals surface area contributed by atoms with Gasteiger partial charge in [-0.1, -0.05) is 12.1 Å². The molecule has 1 N–H and O–H groups in total. The summed E-state index contributed by atoms with van der Waals surface area (Å²) in [5.74, 6) is -2.68. The van der Waals surface area contributed by atoms with Gasteiger partial charge < -0.3 is 4.74 Å². The van der Waals surface area contributed by atoms with Crippen molar-refractivity contribution in [1.29, 1.82) is 0 Å². The van der Waals surface area contributed by atoms with Crippen molar-refractivity contribution in [3.8, 4) is 5.75 Å². The van der Waals surface area contributed by atoms with E-state index in [-0.39, 0.29) is 15.9 Å². The Morgan fingerprint density at radius 3 is 2.48 bits per heavy atom. The van der Waals surface area contributed by atoms with Crippen LogP contribution < -0.4 is 10.1 Å². The van der Waals surface area contributed by atoms with E-state index in [4.69, 9.17) is 4.74 Å². The monoisotopic (exact) mass is 464 g/mol. The van der Waals surface area contributed by atoms with Gasteiger partial charge in [-0.3, -0.25) is 10.1 Å². The zero-order valence-corrected chi connectivity index (χ0v) is 18.0. The van der Waals surface area contributed by atoms with E-state index < -0.39 is 33.5 Å². The molecule has 1 fully saturated rings. The van der Waals surface area contributed by atoms with Crippen molar-refractivity contribution in [2.75, 3.05) is 5.32 Å². The van der Waals surface area contributed by atoms with E-state index in [9.17, 15) is 22.0 Å². The molecule has 1 amide bonds. The Morgan fingerprint density at radius 2 is 1.90 bits per heavy atom. The van der Waals surface area contributed by atoms with E-state index in [0.717, 1.165) is 17.8 Å². The van der Waals surface area contributed by atoms with Gasteiger partial charge in [0.05, 0.1) is 15.8 Å². The smallest absolute Gasteiger partial charge is 0.271 e. The Kier molecular flexibility index (Phi) is 5.76. The fourth-order valence-corrected chi connectivity index (χ4v) is 5.30. The molecule has 0 aliphatic heterocycles. The van der Waals surface area contributed by atoms with Gasteiger partial charge in [-0.15, -0.1) is 11.3 Å². The van der Waals surface area contributed by atoms with Gasteiger partial charge in [0.25, 0.3) is 5.91 Å². The first-order valence-electron chi connectivity index (χ1n) is 9.42. The lowest BCUT2D eigenvalue weighted by atomic mass is 10.1. The maximum absolute atomic E-state index is 14.2. The zero-order valence-electron chi connectivity index (χ0n) is 16.3. The number of aromatic nitrogens is 1. The Balaban J connectivity index is 1.64. The molecule has 0 saturated heterocycles. The molecule has 4 rings (SSSR count). The van der Waals surface area contributed by atoms with E-state index in [1.165, 1.54) is 35.6 Å². The molecular weight excluding hydrogens is 446 g/mol. The van der Waals surface area contributed by atoms with Crippen molar-refractivity contribution < 1.29 is 26.7 Å². The van der Waals surface area contributed by atoms with Crippen molar-refractivity contribution in [2.45, 2.75) is 36.0 Å². The topological polar surface area (TPSA) is 85.4 Å². The number of anilines is 1. The zero-order chi connectivity index (χ0) is 22.2. The summed E-state index contributed by atoms with van der Waals surface area (Å²) in [6.45, 7) is 1.77. The van der Waals surface area contributed by atoms with Crippen LogP contribution >= 0.6 is 11.3 Å². The molecule has 1 heterocycles. The average Bonchev–Trinajstić information content (AvgIpc) is 3.51. The SMILES string of the molecule is Cc1csc(NC(=O)C(Oc2ccc(F)cc2F)c2ccc(S(=O)(=O)C3CC3)cc2)n1. The summed E-state index contributed by atoms with van der Waals surface area (Å²) in [5, 5.41) is 4.34. The van der Waals surface area contributed by atoms with E-state index in [1.54, 1.807) is 12.3 Å². The number of carbonyl (C=O) groups is 1. The number of halogens is 2. The molecule has 2 aromatic carbocycles. The minimum absolute atomic E-state index is 0.154. The average molecular weight is 465 g/mol. The van der Waals surface area contributed by atoms with Crippen LogP contribution in [0.25, 0.3) is 0 Å². The molecule has 1 aliphatic carbocycles. The molecule has 3 aromatic rings. The number of carbonyl (C=O) groups excluding carboxylic acids is 1. The first-order chi connectivity index (χ1) is 14.7. The van der Waals surface area contributed by atoms with Gasteiger partial charge in [-0.05, 0) is 44.0 Å². The molecule has 1 aliphatic rings. The first-order valence-corrected chi connectivity index (χ1v) is 11.9. The predicted molar refractivity (Wildman–Crippen MR) is 112 cm³/mol. The molecule has 10 heteroatoms. The van der Waals surface area contributed by atoms with Crippen LogP contribution in [0.3, 0.4) is 0 Å². The minimum Gasteiger partial charge on any atom is -0.473 e. The molecular formula is C21H18F2N2O4S2. The van der Waals surface area contributed by atoms with Crippen molar-refractivity contribution in [1.82, 2.24) is 4.98 Å². The van der Waals surface area contributed by atoms with Crippen LogP contribution in [0.5, 0.6) is 5.75 Å². The van der Waals surface area contributed by atoms with Gasteiger partial charge in [0, 0.05) is 17.0 Å². The highest BCUT2D eigenvalue weighted by Crippen LogP contribution is 2.34. The van der Waals surface area contributed by atoms with E-state index in [0.29, 0.717) is 29.6 Å². The fraction of sp³-hybridized carbons (Fsp3) is 0.238. The molecule has 0 spiro atoms. The molecule has 0 bridgehead atoms. The number of ether oxygens (including phenoxy) is 1. The third kappa shape index (κ3) is 4.75. The van der Waals surface area contributed by atoms with Crippen molar-refractivity contribution in [3.05, 3.63) is 70.7 Å². The second-order valence-corrected chi connectivity index (χ2v) is 10.3. The summed E-state index contributed by atoms with van der Waals surface area (Å²) in [4.78, 5) is 17.2. The minimum atomic E-state index is -3.40. The number of amides is 1. The summed E-state index contributed by atoms with van der Waals surface area (Å²) in [7, 11) is -3.40. The summed E-state index contributed by atoms with van der Waals surface area (Å²) < 4.78 is 57.8. The number of sulfone groups is 1. The molecule has 31 heavy (non-hydrogen) atoms. The highest BCUT2D eigenvalue weighted by molar-refractivity contribution is 7.92. The van der Waals surface area contributed by atoms with Gasteiger partial charge in [-0.25, -0.2) is 22.2 Å². The van der Waals surface area contributed by atoms with Crippen LogP contribution in [0.4, 0.5) is 13.9 Å². The van der Waals surface area contributed by atoms with Crippen LogP contribution in [0.1, 0.15) is 30.2 Å². The van der Waals surface area contributed by atoms with Crippen LogP contribution in [0.15, 0.2) is 52.7 Å². The number of hydrogen-bond acceptors (Lipinski definition) is 6. The lowest BCUT2D eigenvalue weighted by Crippen LogP contribution is -2.26. The number of thiazole rings is 1. The fourth-order valence-electron chi connectivity index (χ4n) is 2.96. The van der Waals surface area contributed by atoms with Gasteiger partial charge in [0.15, 0.2) is 26.5 Å². The second kappa shape index (κ2) is 8.35. The highest BCUT2D eigenvalue weighted by Gasteiger charge is 2.37. The maximum Gasteiger partial charge on any atom is 0.271 e. The first kappa shape index (κ1) is 21.4. The molecule has 6 nitrogen and oxygen atoms in total. The summed E-state index contributed by atoms with van der Waals surface area (Å²) in [5.41, 5.74) is 1.03. The van der Waals surface area contributed by atoms with Crippen LogP contribution in [0, 0.1) is 18.6 Å². The van der Waals surface area contributed by atoms with Crippen molar-refractivity contribution in [2.24, 2.45) is 0 Å². The van der Waals surface area contributed by atoms with Crippen molar-refractivity contribution in [3.63, 3.8) is 0 Å². The molecule has 1 atom stereocenters. The number of aryl methyl sites for hydroxylation is 1. The molecule has 0 radical (unpaired) electrons. The summed E-state index contributed by atoms with van der Waals surface area (Å²) in [6.07, 6.45) is -0.0493. The number of nitrogens with one attached hydrogen (secondary N) is 1. The number of nitrogens with zero attached hydrogens (tertiary/aromatic N) is 1. The van der Waals surface area contributed by atoms with Gasteiger partial charge in [0.2, 0.25) is 6.10 Å².